The summed E-state index contributed by atoms with van der Waals surface area (Å²) in [6, 6.07) is 7.33. The number of likely N-dealkylation sites (N-methyl/N-ethyl adjacent to an activating group) is 1. The molecule has 1 saturated carbocycles. The van der Waals surface area contributed by atoms with E-state index in [-0.39, 0.29) is 36.1 Å². The third-order valence-electron chi connectivity index (χ3n) is 8.91. The largest absolute Gasteiger partial charge is 0.508 e. The van der Waals surface area contributed by atoms with E-state index in [2.05, 4.69) is 5.32 Å². The van der Waals surface area contributed by atoms with Crippen molar-refractivity contribution in [3.8, 4) is 11.5 Å². The van der Waals surface area contributed by atoms with E-state index < -0.39 is 69.9 Å². The van der Waals surface area contributed by atoms with Gasteiger partial charge in [-0.1, -0.05) is 17.7 Å². The minimum atomic E-state index is -2.73. The molecule has 0 radical (unpaired) electrons. The van der Waals surface area contributed by atoms with Gasteiger partial charge in [-0.15, -0.1) is 0 Å². The number of ether oxygens (including phenoxy) is 1. The molecule has 0 heterocycles. The number of nitrogens with two attached hydrogens (primary N) is 1. The van der Waals surface area contributed by atoms with Gasteiger partial charge in [-0.3, -0.25) is 19.3 Å². The van der Waals surface area contributed by atoms with Crippen molar-refractivity contribution in [1.82, 2.24) is 10.2 Å². The Bertz CT molecular complexity index is 1690. The Labute approximate surface area is 259 Å². The van der Waals surface area contributed by atoms with Crippen LogP contribution in [0.3, 0.4) is 0 Å². The summed E-state index contributed by atoms with van der Waals surface area (Å²) in [5.41, 5.74) is 3.74. The zero-order chi connectivity index (χ0) is 33.1. The van der Waals surface area contributed by atoms with E-state index in [1.165, 1.54) is 4.90 Å². The van der Waals surface area contributed by atoms with Crippen LogP contribution in [-0.4, -0.2) is 88.7 Å². The Hall–Kier alpha value is -4.88. The molecule has 2 amide bonds. The highest BCUT2D eigenvalue weighted by Crippen LogP contribution is 2.54. The van der Waals surface area contributed by atoms with Crippen molar-refractivity contribution in [2.45, 2.75) is 38.0 Å². The van der Waals surface area contributed by atoms with Gasteiger partial charge in [0.05, 0.1) is 11.6 Å². The van der Waals surface area contributed by atoms with Crippen LogP contribution >= 0.6 is 0 Å². The van der Waals surface area contributed by atoms with Gasteiger partial charge < -0.3 is 41.1 Å². The van der Waals surface area contributed by atoms with Crippen LogP contribution in [0.15, 0.2) is 47.2 Å². The number of carbonyl (C=O) groups is 4. The Balaban J connectivity index is 1.57. The van der Waals surface area contributed by atoms with Gasteiger partial charge in [0, 0.05) is 43.4 Å². The molecule has 0 saturated heterocycles. The van der Waals surface area contributed by atoms with E-state index in [1.54, 1.807) is 63.4 Å². The number of phenolic OH excluding ortho intramolecular Hbond substituents is 1. The number of aliphatic hydroxyl groups is 3. The van der Waals surface area contributed by atoms with Gasteiger partial charge in [-0.05, 0) is 63.5 Å². The van der Waals surface area contributed by atoms with Crippen molar-refractivity contribution in [3.63, 3.8) is 0 Å². The first-order chi connectivity index (χ1) is 21.1. The van der Waals surface area contributed by atoms with E-state index >= 15 is 0 Å². The number of Topliss-reactive ketones (excluding diaryl/α,β-unsaturated/α-hetero) is 2. The lowest BCUT2D eigenvalue weighted by molar-refractivity contribution is -0.153. The van der Waals surface area contributed by atoms with Gasteiger partial charge in [-0.25, -0.2) is 4.79 Å². The van der Waals surface area contributed by atoms with Gasteiger partial charge >= 0.3 is 6.09 Å². The van der Waals surface area contributed by atoms with Crippen molar-refractivity contribution in [1.29, 1.82) is 0 Å². The molecule has 0 aromatic heterocycles. The zero-order valence-electron chi connectivity index (χ0n) is 25.5. The maximum absolute atomic E-state index is 14.1. The van der Waals surface area contributed by atoms with E-state index in [9.17, 15) is 39.6 Å². The molecule has 238 valence electrons. The number of nitrogens with zero attached hydrogens (tertiary/aromatic N) is 2. The molecule has 0 aliphatic heterocycles. The van der Waals surface area contributed by atoms with Crippen LogP contribution in [0.4, 0.5) is 10.5 Å². The lowest BCUT2D eigenvalue weighted by atomic mass is 9.57. The number of rotatable bonds is 6. The summed E-state index contributed by atoms with van der Waals surface area (Å²) in [5.74, 6) is -6.94. The number of fused-ring (bicyclic) bond motifs is 3. The summed E-state index contributed by atoms with van der Waals surface area (Å²) < 4.78 is 5.30. The van der Waals surface area contributed by atoms with Gasteiger partial charge in [0.15, 0.2) is 11.4 Å². The van der Waals surface area contributed by atoms with Crippen molar-refractivity contribution in [3.05, 3.63) is 69.5 Å². The molecule has 7 N–H and O–H groups in total. The zero-order valence-corrected chi connectivity index (χ0v) is 25.5. The first-order valence-electron chi connectivity index (χ1n) is 14.3. The first kappa shape index (κ1) is 31.5. The first-order valence-corrected chi connectivity index (χ1v) is 14.3. The number of aryl methyl sites for hydroxylation is 1. The Morgan fingerprint density at radius 3 is 2.31 bits per heavy atom. The lowest BCUT2D eigenvalue weighted by Gasteiger charge is -2.50. The molecule has 13 heteroatoms. The number of benzene rings is 2. The number of amides is 2. The topological polar surface area (TPSA) is 203 Å². The fourth-order valence-corrected chi connectivity index (χ4v) is 6.80. The predicted octanol–water partition coefficient (Wildman–Crippen LogP) is 1.63. The molecule has 3 aliphatic carbocycles. The van der Waals surface area contributed by atoms with Crippen LogP contribution in [0.2, 0.25) is 0 Å². The van der Waals surface area contributed by atoms with Crippen LogP contribution in [0.5, 0.6) is 11.5 Å². The van der Waals surface area contributed by atoms with Crippen LogP contribution < -0.4 is 20.7 Å². The minimum Gasteiger partial charge on any atom is -0.508 e. The van der Waals surface area contributed by atoms with Crippen molar-refractivity contribution >= 4 is 35.0 Å². The number of hydrogen-bond donors (Lipinski definition) is 6. The number of nitrogens with one attached hydrogen (secondary N) is 1. The number of ketones is 2. The molecule has 3 aliphatic rings. The SMILES string of the molecule is Cc1ccc(OC(=O)NCc2cc(N(C)C)c3c(c2O)C(O)=C2C(=O)[C@@]4(O)C(O)=C(C(N)=O)C(=O)[C@H](N(C)C)[C@H]4C[C@H]2C3)cc1. The van der Waals surface area contributed by atoms with Crippen molar-refractivity contribution in [2.24, 2.45) is 17.6 Å². The summed E-state index contributed by atoms with van der Waals surface area (Å²) in [6.45, 7) is 1.70. The van der Waals surface area contributed by atoms with Gasteiger partial charge in [0.1, 0.15) is 28.6 Å². The molecular formula is C32H36N4O9. The van der Waals surface area contributed by atoms with Crippen LogP contribution in [0.25, 0.3) is 5.76 Å². The molecule has 2 aromatic carbocycles. The van der Waals surface area contributed by atoms with E-state index in [0.717, 1.165) is 5.56 Å². The van der Waals surface area contributed by atoms with Gasteiger partial charge in [0.25, 0.3) is 5.91 Å². The summed E-state index contributed by atoms with van der Waals surface area (Å²) in [4.78, 5) is 55.3. The lowest BCUT2D eigenvalue weighted by Crippen LogP contribution is -2.65. The second-order valence-corrected chi connectivity index (χ2v) is 12.2. The minimum absolute atomic E-state index is 0.0203. The number of carbonyl (C=O) groups excluding carboxylic acids is 4. The number of anilines is 1. The highest BCUT2D eigenvalue weighted by Gasteiger charge is 2.64. The molecule has 4 atom stereocenters. The van der Waals surface area contributed by atoms with E-state index in [0.29, 0.717) is 17.0 Å². The van der Waals surface area contributed by atoms with Gasteiger partial charge in [0.2, 0.25) is 5.78 Å². The molecular weight excluding hydrogens is 584 g/mol. The number of aliphatic hydroxyl groups excluding tert-OH is 2. The third-order valence-corrected chi connectivity index (χ3v) is 8.91. The van der Waals surface area contributed by atoms with E-state index in [1.807, 2.05) is 6.92 Å². The second-order valence-electron chi connectivity index (χ2n) is 12.2. The predicted molar refractivity (Wildman–Crippen MR) is 163 cm³/mol. The summed E-state index contributed by atoms with van der Waals surface area (Å²) >= 11 is 0. The number of phenols is 1. The van der Waals surface area contributed by atoms with E-state index in [4.69, 9.17) is 10.5 Å². The molecule has 5 rings (SSSR count). The standard InChI is InChI=1S/C32H36N4O9/c1-14-6-8-17(9-7-14)45-31(43)34-13-16-12-20(35(2)3)18-10-15-11-19-24(36(4)5)27(39)23(30(33)42)29(41)32(19,44)28(40)21(15)26(38)22(18)25(16)37/h6-9,12,15,19,24,37-38,41,44H,10-11,13H2,1-5H3,(H2,33,42)(H,34,43)/t15-,19-,24-,32-/m1/s1. The molecule has 0 spiro atoms. The Morgan fingerprint density at radius 1 is 1.09 bits per heavy atom. The second kappa shape index (κ2) is 11.2. The van der Waals surface area contributed by atoms with Crippen molar-refractivity contribution in [2.75, 3.05) is 33.1 Å². The number of aromatic hydroxyl groups is 1. The summed E-state index contributed by atoms with van der Waals surface area (Å²) in [6.07, 6.45) is -0.665. The number of hydrogen-bond acceptors (Lipinski definition) is 11. The molecule has 45 heavy (non-hydrogen) atoms. The molecule has 0 unspecified atom stereocenters. The monoisotopic (exact) mass is 620 g/mol. The highest BCUT2D eigenvalue weighted by atomic mass is 16.6. The van der Waals surface area contributed by atoms with Crippen LogP contribution in [0.1, 0.15) is 28.7 Å². The maximum atomic E-state index is 14.1. The normalized spacial score (nSPS) is 24.2. The fraction of sp³-hybridized carbons (Fsp3) is 0.375. The van der Waals surface area contributed by atoms with Crippen molar-refractivity contribution < 1.29 is 44.3 Å². The average molecular weight is 621 g/mol. The molecule has 13 nitrogen and oxygen atoms in total. The third kappa shape index (κ3) is 4.97. The van der Waals surface area contributed by atoms with Gasteiger partial charge in [-0.2, -0.15) is 0 Å². The molecule has 1 fully saturated rings. The fourth-order valence-electron chi connectivity index (χ4n) is 6.80. The molecule has 0 bridgehead atoms. The average Bonchev–Trinajstić information content (AvgIpc) is 2.95. The maximum Gasteiger partial charge on any atom is 0.412 e. The van der Waals surface area contributed by atoms with Crippen LogP contribution in [-0.2, 0) is 27.3 Å². The summed E-state index contributed by atoms with van der Waals surface area (Å²) in [5, 5.41) is 48.4. The highest BCUT2D eigenvalue weighted by molar-refractivity contribution is 6.24. The summed E-state index contributed by atoms with van der Waals surface area (Å²) in [7, 11) is 6.60. The van der Waals surface area contributed by atoms with Crippen LogP contribution in [0, 0.1) is 18.8 Å². The Kier molecular flexibility index (Phi) is 7.88. The number of primary amides is 1. The molecule has 2 aromatic rings. The quantitative estimate of drug-likeness (QED) is 0.256. The Morgan fingerprint density at radius 2 is 1.73 bits per heavy atom. The smallest absolute Gasteiger partial charge is 0.412 e.